The number of carbonyl (C=O) groups excluding carboxylic acids is 1. The molecule has 1 aromatic rings. The van der Waals surface area contributed by atoms with Gasteiger partial charge >= 0.3 is 0 Å². The fourth-order valence-corrected chi connectivity index (χ4v) is 2.67. The van der Waals surface area contributed by atoms with Gasteiger partial charge in [-0.05, 0) is 35.0 Å². The van der Waals surface area contributed by atoms with E-state index in [1.165, 1.54) is 11.8 Å². The van der Waals surface area contributed by atoms with Crippen molar-refractivity contribution in [2.45, 2.75) is 6.92 Å². The van der Waals surface area contributed by atoms with Crippen molar-refractivity contribution in [2.24, 2.45) is 0 Å². The van der Waals surface area contributed by atoms with Crippen molar-refractivity contribution in [3.63, 3.8) is 0 Å². The van der Waals surface area contributed by atoms with Crippen molar-refractivity contribution in [3.05, 3.63) is 39.4 Å². The molecule has 1 N–H and O–H groups in total. The second-order valence-electron chi connectivity index (χ2n) is 3.52. The summed E-state index contributed by atoms with van der Waals surface area (Å²) in [4.78, 5) is 12.7. The molecule has 0 aromatic heterocycles. The van der Waals surface area contributed by atoms with E-state index in [1.807, 2.05) is 31.2 Å². The average molecular weight is 314 g/mol. The van der Waals surface area contributed by atoms with E-state index in [2.05, 4.69) is 21.2 Å². The fourth-order valence-electron chi connectivity index (χ4n) is 1.47. The van der Waals surface area contributed by atoms with E-state index in [1.54, 1.807) is 0 Å². The number of benzene rings is 1. The first-order chi connectivity index (χ1) is 8.18. The number of hydrogen-bond donors (Lipinski definition) is 1. The number of carbonyl (C=O) groups is 1. The van der Waals surface area contributed by atoms with E-state index in [4.69, 9.17) is 4.74 Å². The number of halogens is 1. The third kappa shape index (κ3) is 3.04. The molecule has 1 aliphatic rings. The Labute approximate surface area is 113 Å². The van der Waals surface area contributed by atoms with Gasteiger partial charge in [-0.1, -0.05) is 12.1 Å². The minimum atomic E-state index is -0.112. The normalized spacial score (nSPS) is 15.4. The molecule has 0 saturated carbocycles. The molecule has 17 heavy (non-hydrogen) atoms. The van der Waals surface area contributed by atoms with Crippen molar-refractivity contribution < 1.29 is 9.53 Å². The topological polar surface area (TPSA) is 38.3 Å². The van der Waals surface area contributed by atoms with Gasteiger partial charge in [0.25, 0.3) is 5.91 Å². The zero-order chi connectivity index (χ0) is 12.3. The first-order valence-electron chi connectivity index (χ1n) is 5.21. The number of para-hydroxylation sites is 1. The van der Waals surface area contributed by atoms with Gasteiger partial charge in [-0.25, -0.2) is 0 Å². The van der Waals surface area contributed by atoms with Gasteiger partial charge in [0.15, 0.2) is 0 Å². The summed E-state index contributed by atoms with van der Waals surface area (Å²) in [6.45, 7) is 2.49. The lowest BCUT2D eigenvalue weighted by Crippen LogP contribution is -2.18. The van der Waals surface area contributed by atoms with Crippen molar-refractivity contribution in [1.82, 2.24) is 0 Å². The molecule has 0 aliphatic carbocycles. The lowest BCUT2D eigenvalue weighted by molar-refractivity contribution is -0.112. The van der Waals surface area contributed by atoms with Crippen LogP contribution in [0.2, 0.25) is 0 Å². The third-order valence-electron chi connectivity index (χ3n) is 2.30. The highest BCUT2D eigenvalue weighted by Gasteiger charge is 2.19. The Balaban J connectivity index is 2.15. The molecule has 1 aliphatic heterocycles. The van der Waals surface area contributed by atoms with Gasteiger partial charge in [0.05, 0.1) is 12.3 Å². The van der Waals surface area contributed by atoms with E-state index < -0.39 is 0 Å². The highest BCUT2D eigenvalue weighted by Crippen LogP contribution is 2.28. The van der Waals surface area contributed by atoms with Crippen LogP contribution in [-0.4, -0.2) is 18.3 Å². The first kappa shape index (κ1) is 12.5. The van der Waals surface area contributed by atoms with E-state index in [-0.39, 0.29) is 5.91 Å². The van der Waals surface area contributed by atoms with Gasteiger partial charge in [0, 0.05) is 10.2 Å². The summed E-state index contributed by atoms with van der Waals surface area (Å²) < 4.78 is 6.23. The molecule has 2 rings (SSSR count). The van der Waals surface area contributed by atoms with Crippen LogP contribution in [0, 0.1) is 0 Å². The Morgan fingerprint density at radius 3 is 2.94 bits per heavy atom. The number of rotatable bonds is 2. The van der Waals surface area contributed by atoms with Crippen LogP contribution < -0.4 is 5.32 Å². The van der Waals surface area contributed by atoms with E-state index >= 15 is 0 Å². The maximum Gasteiger partial charge on any atom is 0.265 e. The molecule has 0 unspecified atom stereocenters. The minimum absolute atomic E-state index is 0.112. The summed E-state index contributed by atoms with van der Waals surface area (Å²) in [7, 11) is 0. The summed E-state index contributed by atoms with van der Waals surface area (Å²) in [5, 5.41) is 2.87. The van der Waals surface area contributed by atoms with Crippen LogP contribution in [0.1, 0.15) is 6.92 Å². The summed E-state index contributed by atoms with van der Waals surface area (Å²) in [5.74, 6) is 1.40. The van der Waals surface area contributed by atoms with Gasteiger partial charge in [0.2, 0.25) is 0 Å². The lowest BCUT2D eigenvalue weighted by atomic mass is 10.3. The zero-order valence-electron chi connectivity index (χ0n) is 9.33. The van der Waals surface area contributed by atoms with Gasteiger partial charge in [0.1, 0.15) is 10.7 Å². The number of hydrogen-bond acceptors (Lipinski definition) is 3. The SMILES string of the molecule is CC1=C(C(=O)Nc2ccccc2Br)SCCO1. The second-order valence-corrected chi connectivity index (χ2v) is 5.48. The van der Waals surface area contributed by atoms with Gasteiger partial charge < -0.3 is 10.1 Å². The molecule has 5 heteroatoms. The van der Waals surface area contributed by atoms with E-state index in [0.29, 0.717) is 17.3 Å². The Bertz CT molecular complexity index is 473. The van der Waals surface area contributed by atoms with Crippen LogP contribution in [0.3, 0.4) is 0 Å². The largest absolute Gasteiger partial charge is 0.496 e. The molecule has 1 aromatic carbocycles. The zero-order valence-corrected chi connectivity index (χ0v) is 11.7. The number of anilines is 1. The molecular weight excluding hydrogens is 302 g/mol. The quantitative estimate of drug-likeness (QED) is 0.909. The van der Waals surface area contributed by atoms with Crippen molar-refractivity contribution >= 4 is 39.3 Å². The minimum Gasteiger partial charge on any atom is -0.496 e. The van der Waals surface area contributed by atoms with Crippen LogP contribution in [-0.2, 0) is 9.53 Å². The van der Waals surface area contributed by atoms with Gasteiger partial charge in [-0.3, -0.25) is 4.79 Å². The molecule has 1 amide bonds. The van der Waals surface area contributed by atoms with E-state index in [9.17, 15) is 4.79 Å². The smallest absolute Gasteiger partial charge is 0.265 e. The monoisotopic (exact) mass is 313 g/mol. The predicted molar refractivity (Wildman–Crippen MR) is 73.9 cm³/mol. The molecule has 0 fully saturated rings. The predicted octanol–water partition coefficient (Wildman–Crippen LogP) is 3.38. The number of allylic oxidation sites excluding steroid dienone is 1. The molecule has 90 valence electrons. The third-order valence-corrected chi connectivity index (χ3v) is 4.12. The molecule has 0 atom stereocenters. The van der Waals surface area contributed by atoms with Gasteiger partial charge in [-0.2, -0.15) is 0 Å². The van der Waals surface area contributed by atoms with Crippen LogP contribution in [0.5, 0.6) is 0 Å². The second kappa shape index (κ2) is 5.60. The molecule has 0 bridgehead atoms. The maximum absolute atomic E-state index is 12.0. The summed E-state index contributed by atoms with van der Waals surface area (Å²) >= 11 is 4.93. The van der Waals surface area contributed by atoms with Gasteiger partial charge in [-0.15, -0.1) is 11.8 Å². The highest BCUT2D eigenvalue weighted by atomic mass is 79.9. The molecule has 0 radical (unpaired) electrons. The highest BCUT2D eigenvalue weighted by molar-refractivity contribution is 9.10. The van der Waals surface area contributed by atoms with Crippen LogP contribution in [0.4, 0.5) is 5.69 Å². The summed E-state index contributed by atoms with van der Waals surface area (Å²) in [6, 6.07) is 7.53. The van der Waals surface area contributed by atoms with Crippen molar-refractivity contribution in [1.29, 1.82) is 0 Å². The maximum atomic E-state index is 12.0. The molecule has 0 spiro atoms. The van der Waals surface area contributed by atoms with Crippen LogP contribution >= 0.6 is 27.7 Å². The first-order valence-corrected chi connectivity index (χ1v) is 6.98. The Kier molecular flexibility index (Phi) is 4.12. The molecule has 1 heterocycles. The molecular formula is C12H12BrNO2S. The Hall–Kier alpha value is -0.940. The number of ether oxygens (including phenoxy) is 1. The Morgan fingerprint density at radius 1 is 1.47 bits per heavy atom. The number of amides is 1. The average Bonchev–Trinajstić information content (AvgIpc) is 2.32. The Morgan fingerprint density at radius 2 is 2.24 bits per heavy atom. The fraction of sp³-hybridized carbons (Fsp3) is 0.250. The molecule has 3 nitrogen and oxygen atoms in total. The number of thioether (sulfide) groups is 1. The van der Waals surface area contributed by atoms with Crippen LogP contribution in [0.15, 0.2) is 39.4 Å². The van der Waals surface area contributed by atoms with Crippen LogP contribution in [0.25, 0.3) is 0 Å². The standard InChI is InChI=1S/C12H12BrNO2S/c1-8-11(17-7-6-16-8)12(15)14-10-5-3-2-4-9(10)13/h2-5H,6-7H2,1H3,(H,14,15). The molecule has 0 saturated heterocycles. The van der Waals surface area contributed by atoms with Crippen molar-refractivity contribution in [2.75, 3.05) is 17.7 Å². The van der Waals surface area contributed by atoms with Crippen molar-refractivity contribution in [3.8, 4) is 0 Å². The number of nitrogens with one attached hydrogen (secondary N) is 1. The lowest BCUT2D eigenvalue weighted by Gasteiger charge is -2.18. The van der Waals surface area contributed by atoms with E-state index in [0.717, 1.165) is 15.9 Å². The summed E-state index contributed by atoms with van der Waals surface area (Å²) in [5.41, 5.74) is 0.768. The summed E-state index contributed by atoms with van der Waals surface area (Å²) in [6.07, 6.45) is 0.